The molecule has 1 aromatic heterocycles. The normalized spacial score (nSPS) is 10.2. The first-order valence-electron chi connectivity index (χ1n) is 4.63. The molecule has 1 aromatic carbocycles. The molecular weight excluding hydrogens is 291 g/mol. The van der Waals surface area contributed by atoms with Crippen molar-refractivity contribution in [1.82, 2.24) is 10.2 Å². The van der Waals surface area contributed by atoms with Crippen molar-refractivity contribution in [3.8, 4) is 0 Å². The van der Waals surface area contributed by atoms with Gasteiger partial charge in [-0.3, -0.25) is 9.89 Å². The maximum absolute atomic E-state index is 13.0. The van der Waals surface area contributed by atoms with Gasteiger partial charge in [0, 0.05) is 11.8 Å². The zero-order chi connectivity index (χ0) is 12.4. The van der Waals surface area contributed by atoms with Gasteiger partial charge < -0.3 is 11.1 Å². The summed E-state index contributed by atoms with van der Waals surface area (Å²) in [5, 5.41) is 8.69. The summed E-state index contributed by atoms with van der Waals surface area (Å²) in [6, 6.07) is 5.58. The first-order valence-corrected chi connectivity index (χ1v) is 5.43. The first kappa shape index (κ1) is 11.6. The van der Waals surface area contributed by atoms with Crippen molar-refractivity contribution >= 4 is 33.3 Å². The third-order valence-electron chi connectivity index (χ3n) is 2.02. The predicted molar refractivity (Wildman–Crippen MR) is 65.1 cm³/mol. The smallest absolute Gasteiger partial charge is 0.273 e. The van der Waals surface area contributed by atoms with E-state index in [2.05, 4.69) is 31.4 Å². The van der Waals surface area contributed by atoms with Crippen LogP contribution in [0.3, 0.4) is 0 Å². The van der Waals surface area contributed by atoms with Crippen molar-refractivity contribution in [2.75, 3.05) is 11.1 Å². The number of anilines is 2. The average molecular weight is 299 g/mol. The average Bonchev–Trinajstić information content (AvgIpc) is 2.70. The second kappa shape index (κ2) is 4.54. The number of aromatic amines is 1. The highest BCUT2D eigenvalue weighted by atomic mass is 79.9. The van der Waals surface area contributed by atoms with E-state index in [9.17, 15) is 9.18 Å². The second-order valence-corrected chi connectivity index (χ2v) is 4.14. The molecule has 0 unspecified atom stereocenters. The third-order valence-corrected chi connectivity index (χ3v) is 2.63. The largest absolute Gasteiger partial charge is 0.382 e. The second-order valence-electron chi connectivity index (χ2n) is 3.29. The lowest BCUT2D eigenvalue weighted by Crippen LogP contribution is -2.12. The Morgan fingerprint density at radius 3 is 2.82 bits per heavy atom. The van der Waals surface area contributed by atoms with E-state index in [-0.39, 0.29) is 16.0 Å². The van der Waals surface area contributed by atoms with Crippen molar-refractivity contribution in [3.63, 3.8) is 0 Å². The number of nitrogens with one attached hydrogen (secondary N) is 2. The number of carbonyl (C=O) groups is 1. The summed E-state index contributed by atoms with van der Waals surface area (Å²) in [4.78, 5) is 11.7. The number of H-pyrrole nitrogens is 1. The lowest BCUT2D eigenvalue weighted by Gasteiger charge is -2.04. The summed E-state index contributed by atoms with van der Waals surface area (Å²) in [5.41, 5.74) is 6.08. The van der Waals surface area contributed by atoms with Gasteiger partial charge in [0.1, 0.15) is 17.3 Å². The van der Waals surface area contributed by atoms with Crippen molar-refractivity contribution in [2.24, 2.45) is 0 Å². The highest BCUT2D eigenvalue weighted by Gasteiger charge is 2.09. The Hall–Kier alpha value is -1.89. The van der Waals surface area contributed by atoms with Gasteiger partial charge in [-0.1, -0.05) is 0 Å². The van der Waals surface area contributed by atoms with Gasteiger partial charge in [0.15, 0.2) is 0 Å². The molecule has 0 saturated heterocycles. The number of rotatable bonds is 2. The fourth-order valence-corrected chi connectivity index (χ4v) is 1.60. The number of nitrogens with two attached hydrogens (primary N) is 1. The number of amides is 1. The molecule has 5 nitrogen and oxygen atoms in total. The van der Waals surface area contributed by atoms with Gasteiger partial charge in [-0.2, -0.15) is 5.10 Å². The van der Waals surface area contributed by atoms with Crippen LogP contribution in [0.15, 0.2) is 28.7 Å². The molecule has 7 heteroatoms. The number of carbonyl (C=O) groups excluding carboxylic acids is 1. The topological polar surface area (TPSA) is 83.8 Å². The molecule has 1 amide bonds. The van der Waals surface area contributed by atoms with Gasteiger partial charge in [0.2, 0.25) is 0 Å². The van der Waals surface area contributed by atoms with Gasteiger partial charge in [0.05, 0.1) is 4.47 Å². The van der Waals surface area contributed by atoms with Crippen LogP contribution in [0, 0.1) is 5.82 Å². The molecule has 0 bridgehead atoms. The fourth-order valence-electron chi connectivity index (χ4n) is 1.23. The molecule has 17 heavy (non-hydrogen) atoms. The number of benzene rings is 1. The summed E-state index contributed by atoms with van der Waals surface area (Å²) < 4.78 is 13.2. The Balaban J connectivity index is 2.15. The number of hydrogen-bond acceptors (Lipinski definition) is 3. The number of halogens is 2. The fraction of sp³-hybridized carbons (Fsp3) is 0. The molecule has 4 N–H and O–H groups in total. The molecule has 0 aliphatic heterocycles. The maximum Gasteiger partial charge on any atom is 0.273 e. The van der Waals surface area contributed by atoms with Crippen LogP contribution in [0.4, 0.5) is 15.9 Å². The van der Waals surface area contributed by atoms with Crippen LogP contribution in [0.1, 0.15) is 10.5 Å². The Morgan fingerprint density at radius 2 is 2.24 bits per heavy atom. The molecule has 0 radical (unpaired) electrons. The molecule has 0 fully saturated rings. The van der Waals surface area contributed by atoms with E-state index in [0.717, 1.165) is 0 Å². The van der Waals surface area contributed by atoms with Crippen LogP contribution in [0.2, 0.25) is 0 Å². The standard InChI is InChI=1S/C10H8BrFN4O/c11-6-3-5(1-2-7(6)12)14-10(17)8-4-9(13)16-15-8/h1-4H,(H,14,17)(H3,13,15,16). The minimum atomic E-state index is -0.396. The number of hydrogen-bond donors (Lipinski definition) is 3. The summed E-state index contributed by atoms with van der Waals surface area (Å²) >= 11 is 3.03. The Bertz CT molecular complexity index is 569. The van der Waals surface area contributed by atoms with Crippen molar-refractivity contribution in [2.45, 2.75) is 0 Å². The summed E-state index contributed by atoms with van der Waals surface area (Å²) in [7, 11) is 0. The highest BCUT2D eigenvalue weighted by molar-refractivity contribution is 9.10. The number of aromatic nitrogens is 2. The van der Waals surface area contributed by atoms with Crippen molar-refractivity contribution in [3.05, 3.63) is 40.2 Å². The van der Waals surface area contributed by atoms with Crippen molar-refractivity contribution < 1.29 is 9.18 Å². The molecule has 0 aliphatic carbocycles. The van der Waals surface area contributed by atoms with E-state index in [0.29, 0.717) is 5.69 Å². The Morgan fingerprint density at radius 1 is 1.47 bits per heavy atom. The van der Waals surface area contributed by atoms with Crippen LogP contribution >= 0.6 is 15.9 Å². The zero-order valence-corrected chi connectivity index (χ0v) is 10.1. The van der Waals surface area contributed by atoms with E-state index in [1.54, 1.807) is 0 Å². The van der Waals surface area contributed by atoms with Gasteiger partial charge in [-0.25, -0.2) is 4.39 Å². The molecule has 0 aliphatic rings. The SMILES string of the molecule is Nc1cc(C(=O)Nc2ccc(F)c(Br)c2)[nH]n1. The molecular formula is C10H8BrFN4O. The first-order chi connectivity index (χ1) is 8.06. The van der Waals surface area contributed by atoms with Gasteiger partial charge in [-0.15, -0.1) is 0 Å². The lowest BCUT2D eigenvalue weighted by molar-refractivity contribution is 0.102. The lowest BCUT2D eigenvalue weighted by atomic mass is 10.3. The molecule has 0 atom stereocenters. The molecule has 1 heterocycles. The van der Waals surface area contributed by atoms with Crippen LogP contribution < -0.4 is 11.1 Å². The van der Waals surface area contributed by atoms with Crippen LogP contribution in [-0.4, -0.2) is 16.1 Å². The van der Waals surface area contributed by atoms with E-state index >= 15 is 0 Å². The Labute approximate surface area is 104 Å². The molecule has 2 rings (SSSR count). The van der Waals surface area contributed by atoms with Crippen LogP contribution in [0.5, 0.6) is 0 Å². The van der Waals surface area contributed by atoms with E-state index in [4.69, 9.17) is 5.73 Å². The third kappa shape index (κ3) is 2.62. The van der Waals surface area contributed by atoms with E-state index < -0.39 is 11.7 Å². The quantitative estimate of drug-likeness (QED) is 0.794. The molecule has 0 saturated carbocycles. The van der Waals surface area contributed by atoms with Crippen LogP contribution in [0.25, 0.3) is 0 Å². The minimum absolute atomic E-state index is 0.232. The predicted octanol–water partition coefficient (Wildman–Crippen LogP) is 2.15. The monoisotopic (exact) mass is 298 g/mol. The van der Waals surface area contributed by atoms with Gasteiger partial charge >= 0.3 is 0 Å². The number of nitrogen functional groups attached to an aromatic ring is 1. The van der Waals surface area contributed by atoms with Gasteiger partial charge in [0.25, 0.3) is 5.91 Å². The zero-order valence-electron chi connectivity index (χ0n) is 8.50. The van der Waals surface area contributed by atoms with E-state index in [1.165, 1.54) is 24.3 Å². The highest BCUT2D eigenvalue weighted by Crippen LogP contribution is 2.20. The van der Waals surface area contributed by atoms with E-state index in [1.807, 2.05) is 0 Å². The summed E-state index contributed by atoms with van der Waals surface area (Å²) in [6.45, 7) is 0. The van der Waals surface area contributed by atoms with Crippen molar-refractivity contribution in [1.29, 1.82) is 0 Å². The summed E-state index contributed by atoms with van der Waals surface area (Å²) in [5.74, 6) is -0.558. The van der Waals surface area contributed by atoms with Gasteiger partial charge in [-0.05, 0) is 34.1 Å². The minimum Gasteiger partial charge on any atom is -0.382 e. The molecule has 2 aromatic rings. The van der Waals surface area contributed by atoms with Crippen LogP contribution in [-0.2, 0) is 0 Å². The molecule has 88 valence electrons. The molecule has 0 spiro atoms. The summed E-state index contributed by atoms with van der Waals surface area (Å²) in [6.07, 6.45) is 0. The maximum atomic E-state index is 13.0. The Kier molecular flexibility index (Phi) is 3.10. The number of nitrogens with zero attached hydrogens (tertiary/aromatic N) is 1.